The third kappa shape index (κ3) is 16.2. The highest BCUT2D eigenvalue weighted by Gasteiger charge is 2.24. The molecule has 0 aromatic heterocycles. The second kappa shape index (κ2) is 21.8. The largest absolute Gasteiger partial charge is 0.445 e. The number of alkyl carbamates (subject to hydrolysis) is 1. The number of aliphatic hydroxyl groups excluding tert-OH is 1. The van der Waals surface area contributed by atoms with Crippen molar-refractivity contribution in [1.82, 2.24) is 10.6 Å². The Bertz CT molecular complexity index is 941. The van der Waals surface area contributed by atoms with Crippen LogP contribution in [0.5, 0.6) is 0 Å². The van der Waals surface area contributed by atoms with Gasteiger partial charge in [-0.3, -0.25) is 10.1 Å². The van der Waals surface area contributed by atoms with Crippen molar-refractivity contribution in [1.29, 1.82) is 0 Å². The van der Waals surface area contributed by atoms with Gasteiger partial charge in [-0.1, -0.05) is 139 Å². The highest BCUT2D eigenvalue weighted by atomic mass is 16.6. The Morgan fingerprint density at radius 3 is 1.85 bits per heavy atom. The van der Waals surface area contributed by atoms with Crippen molar-refractivity contribution in [3.8, 4) is 0 Å². The van der Waals surface area contributed by atoms with Gasteiger partial charge < -0.3 is 19.9 Å². The lowest BCUT2D eigenvalue weighted by molar-refractivity contribution is -0.126. The van der Waals surface area contributed by atoms with Gasteiger partial charge in [0.1, 0.15) is 12.8 Å². The van der Waals surface area contributed by atoms with Gasteiger partial charge in [0.05, 0.1) is 25.2 Å². The van der Waals surface area contributed by atoms with Crippen LogP contribution >= 0.6 is 0 Å². The van der Waals surface area contributed by atoms with Gasteiger partial charge >= 0.3 is 6.09 Å². The lowest BCUT2D eigenvalue weighted by Crippen LogP contribution is -2.52. The highest BCUT2D eigenvalue weighted by molar-refractivity contribution is 5.77. The molecular weight excluding hydrogens is 516 g/mol. The monoisotopic (exact) mass is 568 g/mol. The van der Waals surface area contributed by atoms with Gasteiger partial charge in [0.25, 0.3) is 0 Å². The first kappa shape index (κ1) is 34.3. The van der Waals surface area contributed by atoms with E-state index < -0.39 is 18.4 Å². The van der Waals surface area contributed by atoms with Crippen molar-refractivity contribution in [2.24, 2.45) is 0 Å². The number of hydrogen-bond donors (Lipinski definition) is 3. The second-order valence-corrected chi connectivity index (χ2v) is 10.9. The van der Waals surface area contributed by atoms with Crippen LogP contribution in [0.15, 0.2) is 60.7 Å². The minimum absolute atomic E-state index is 0.101. The number of rotatable bonds is 22. The van der Waals surface area contributed by atoms with E-state index in [1.165, 1.54) is 44.9 Å². The van der Waals surface area contributed by atoms with Crippen molar-refractivity contribution in [2.75, 3.05) is 0 Å². The molecule has 2 aromatic rings. The van der Waals surface area contributed by atoms with E-state index in [0.717, 1.165) is 36.8 Å². The summed E-state index contributed by atoms with van der Waals surface area (Å²) in [5, 5.41) is 16.1. The summed E-state index contributed by atoms with van der Waals surface area (Å²) in [6.45, 7) is 4.76. The fourth-order valence-corrected chi connectivity index (χ4v) is 4.79. The van der Waals surface area contributed by atoms with Crippen LogP contribution in [0.1, 0.15) is 108 Å². The molecule has 3 atom stereocenters. The number of unbranched alkanes of at least 4 members (excludes halogenated alkanes) is 8. The van der Waals surface area contributed by atoms with Crippen molar-refractivity contribution in [2.45, 2.75) is 129 Å². The Hall–Kier alpha value is -2.90. The molecule has 0 radical (unpaired) electrons. The first-order valence-corrected chi connectivity index (χ1v) is 15.6. The average Bonchev–Trinajstić information content (AvgIpc) is 2.98. The first-order valence-electron chi connectivity index (χ1n) is 15.6. The van der Waals surface area contributed by atoms with Crippen LogP contribution in [0.2, 0.25) is 0 Å². The second-order valence-electron chi connectivity index (χ2n) is 10.9. The zero-order valence-corrected chi connectivity index (χ0v) is 25.2. The van der Waals surface area contributed by atoms with Crippen molar-refractivity contribution in [3.05, 3.63) is 71.8 Å². The van der Waals surface area contributed by atoms with E-state index in [-0.39, 0.29) is 25.0 Å². The minimum atomic E-state index is -1.26. The molecule has 0 bridgehead atoms. The fourth-order valence-electron chi connectivity index (χ4n) is 4.79. The van der Waals surface area contributed by atoms with Crippen LogP contribution in [0.25, 0.3) is 0 Å². The maximum Gasteiger partial charge on any atom is 0.409 e. The predicted molar refractivity (Wildman–Crippen MR) is 164 cm³/mol. The maximum atomic E-state index is 13.1. The Kier molecular flexibility index (Phi) is 18.2. The molecule has 2 amide bonds. The molecule has 0 aliphatic heterocycles. The molecule has 0 saturated heterocycles. The summed E-state index contributed by atoms with van der Waals surface area (Å²) < 4.78 is 11.4. The average molecular weight is 569 g/mol. The molecule has 0 spiro atoms. The maximum absolute atomic E-state index is 13.1. The van der Waals surface area contributed by atoms with Gasteiger partial charge in [-0.15, -0.1) is 0 Å². The van der Waals surface area contributed by atoms with E-state index >= 15 is 0 Å². The molecule has 2 aromatic carbocycles. The van der Waals surface area contributed by atoms with E-state index in [2.05, 4.69) is 17.6 Å². The molecule has 2 rings (SSSR count). The summed E-state index contributed by atoms with van der Waals surface area (Å²) >= 11 is 0. The number of nitrogens with one attached hydrogen (secondary N) is 2. The summed E-state index contributed by atoms with van der Waals surface area (Å²) in [4.78, 5) is 25.3. The summed E-state index contributed by atoms with van der Waals surface area (Å²) in [5.74, 6) is -0.198. The highest BCUT2D eigenvalue weighted by Crippen LogP contribution is 2.16. The van der Waals surface area contributed by atoms with E-state index in [4.69, 9.17) is 9.47 Å². The van der Waals surface area contributed by atoms with E-state index in [1.807, 2.05) is 67.6 Å². The summed E-state index contributed by atoms with van der Waals surface area (Å²) in [7, 11) is 0. The zero-order chi connectivity index (χ0) is 29.5. The topological polar surface area (TPSA) is 96.9 Å². The number of benzene rings is 2. The van der Waals surface area contributed by atoms with Gasteiger partial charge in [0.15, 0.2) is 0 Å². The number of ether oxygens (including phenoxy) is 2. The Balaban J connectivity index is 1.82. The van der Waals surface area contributed by atoms with Crippen molar-refractivity contribution in [3.63, 3.8) is 0 Å². The molecule has 0 aliphatic carbocycles. The molecule has 0 fully saturated rings. The molecule has 7 nitrogen and oxygen atoms in total. The molecule has 0 heterocycles. The minimum Gasteiger partial charge on any atom is -0.445 e. The standard InChI is InChI=1S/C34H52N2O5/c1-3-5-6-7-8-9-10-11-18-24-30(40-26-28-20-14-12-15-21-28)25-32(37)35-31(19-4-2)33(38)36-34(39)41-27-29-22-16-13-17-23-29/h12-17,20-23,30-31,33,38H,3-11,18-19,24-27H2,1-2H3,(H,35,37)(H,36,39)/t30?,31-,33?/m1/s1. The zero-order valence-electron chi connectivity index (χ0n) is 25.2. The Morgan fingerprint density at radius 2 is 1.27 bits per heavy atom. The molecule has 0 saturated carbocycles. The molecule has 41 heavy (non-hydrogen) atoms. The van der Waals surface area contributed by atoms with Crippen LogP contribution in [0.4, 0.5) is 4.79 Å². The van der Waals surface area contributed by atoms with Gasteiger partial charge in [-0.2, -0.15) is 0 Å². The number of hydrogen-bond acceptors (Lipinski definition) is 5. The lowest BCUT2D eigenvalue weighted by Gasteiger charge is -2.25. The smallest absolute Gasteiger partial charge is 0.409 e. The number of aliphatic hydroxyl groups is 1. The third-order valence-electron chi connectivity index (χ3n) is 7.18. The molecule has 2 unspecified atom stereocenters. The Morgan fingerprint density at radius 1 is 0.707 bits per heavy atom. The van der Waals surface area contributed by atoms with Crippen molar-refractivity contribution < 1.29 is 24.2 Å². The quantitative estimate of drug-likeness (QED) is 0.101. The molecule has 0 aliphatic rings. The Labute approximate surface area is 247 Å². The van der Waals surface area contributed by atoms with Crippen LogP contribution < -0.4 is 10.6 Å². The molecule has 228 valence electrons. The predicted octanol–water partition coefficient (Wildman–Crippen LogP) is 7.41. The van der Waals surface area contributed by atoms with Gasteiger partial charge in [-0.05, 0) is 24.0 Å². The molecule has 3 N–H and O–H groups in total. The fraction of sp³-hybridized carbons (Fsp3) is 0.588. The summed E-state index contributed by atoms with van der Waals surface area (Å²) in [6, 6.07) is 18.7. The normalized spacial score (nSPS) is 13.2. The van der Waals surface area contributed by atoms with Gasteiger partial charge in [-0.25, -0.2) is 4.79 Å². The third-order valence-corrected chi connectivity index (χ3v) is 7.18. The molecular formula is C34H52N2O5. The van der Waals surface area contributed by atoms with Crippen molar-refractivity contribution >= 4 is 12.0 Å². The first-order chi connectivity index (χ1) is 20.0. The number of amides is 2. The van der Waals surface area contributed by atoms with Crippen LogP contribution in [-0.2, 0) is 27.5 Å². The van der Waals surface area contributed by atoms with Crippen LogP contribution in [0.3, 0.4) is 0 Å². The SMILES string of the molecule is CCCCCCCCCCCC(CC(=O)N[C@H](CCC)C(O)NC(=O)OCc1ccccc1)OCc1ccccc1. The van der Waals surface area contributed by atoms with E-state index in [1.54, 1.807) is 0 Å². The van der Waals surface area contributed by atoms with Crippen LogP contribution in [0, 0.1) is 0 Å². The van der Waals surface area contributed by atoms with Gasteiger partial charge in [0, 0.05) is 0 Å². The lowest BCUT2D eigenvalue weighted by atomic mass is 10.0. The number of carbonyl (C=O) groups excluding carboxylic acids is 2. The van der Waals surface area contributed by atoms with Gasteiger partial charge in [0.2, 0.25) is 5.91 Å². The van der Waals surface area contributed by atoms with E-state index in [0.29, 0.717) is 13.0 Å². The number of carbonyl (C=O) groups is 2. The molecule has 7 heteroatoms. The van der Waals surface area contributed by atoms with E-state index in [9.17, 15) is 14.7 Å². The van der Waals surface area contributed by atoms with Crippen LogP contribution in [-0.4, -0.2) is 35.5 Å². The summed E-state index contributed by atoms with van der Waals surface area (Å²) in [5.41, 5.74) is 1.92. The summed E-state index contributed by atoms with van der Waals surface area (Å²) in [6.07, 6.45) is 11.2.